The molecular formula is C7H9BrN4. The van der Waals surface area contributed by atoms with Crippen molar-refractivity contribution in [3.63, 3.8) is 0 Å². The van der Waals surface area contributed by atoms with Crippen molar-refractivity contribution in [3.8, 4) is 11.8 Å². The summed E-state index contributed by atoms with van der Waals surface area (Å²) in [7, 11) is 1.78. The maximum absolute atomic E-state index is 5.47. The van der Waals surface area contributed by atoms with Gasteiger partial charge in [-0.3, -0.25) is 0 Å². The third-order valence-electron chi connectivity index (χ3n) is 1.20. The molecule has 1 aromatic heterocycles. The lowest BCUT2D eigenvalue weighted by Gasteiger charge is -1.91. The van der Waals surface area contributed by atoms with E-state index in [-0.39, 0.29) is 6.04 Å². The Morgan fingerprint density at radius 2 is 2.33 bits per heavy atom. The number of aryl methyl sites for hydroxylation is 1. The third kappa shape index (κ3) is 2.06. The molecule has 0 aromatic carbocycles. The zero-order chi connectivity index (χ0) is 9.14. The largest absolute Gasteiger partial charge is 0.318 e. The number of nitrogens with zero attached hydrogens (tertiary/aromatic N) is 3. The highest BCUT2D eigenvalue weighted by molar-refractivity contribution is 9.10. The number of aromatic nitrogens is 3. The van der Waals surface area contributed by atoms with Crippen LogP contribution in [0.3, 0.4) is 0 Å². The van der Waals surface area contributed by atoms with E-state index in [2.05, 4.69) is 38.1 Å². The lowest BCUT2D eigenvalue weighted by Crippen LogP contribution is -2.11. The lowest BCUT2D eigenvalue weighted by atomic mass is 10.3. The Bertz CT molecular complexity index is 311. The van der Waals surface area contributed by atoms with Gasteiger partial charge in [-0.1, -0.05) is 11.1 Å². The van der Waals surface area contributed by atoms with Gasteiger partial charge >= 0.3 is 0 Å². The van der Waals surface area contributed by atoms with E-state index in [9.17, 15) is 0 Å². The molecule has 0 bridgehead atoms. The highest BCUT2D eigenvalue weighted by Gasteiger charge is 2.03. The van der Waals surface area contributed by atoms with Gasteiger partial charge in [0.2, 0.25) is 0 Å². The van der Waals surface area contributed by atoms with Crippen molar-refractivity contribution in [1.29, 1.82) is 0 Å². The molecule has 2 N–H and O–H groups in total. The Kier molecular flexibility index (Phi) is 2.84. The molecule has 0 aliphatic rings. The van der Waals surface area contributed by atoms with Crippen molar-refractivity contribution >= 4 is 15.9 Å². The van der Waals surface area contributed by atoms with Crippen molar-refractivity contribution in [2.75, 3.05) is 0 Å². The van der Waals surface area contributed by atoms with Gasteiger partial charge in [-0.15, -0.1) is 5.10 Å². The van der Waals surface area contributed by atoms with E-state index in [0.717, 1.165) is 5.69 Å². The molecule has 64 valence electrons. The van der Waals surface area contributed by atoms with Crippen molar-refractivity contribution in [1.82, 2.24) is 15.0 Å². The molecule has 0 radical (unpaired) electrons. The Balaban J connectivity index is 2.97. The molecule has 0 saturated heterocycles. The monoisotopic (exact) mass is 228 g/mol. The van der Waals surface area contributed by atoms with Gasteiger partial charge < -0.3 is 5.73 Å². The Morgan fingerprint density at radius 3 is 2.75 bits per heavy atom. The Labute approximate surface area is 79.3 Å². The zero-order valence-corrected chi connectivity index (χ0v) is 8.46. The summed E-state index contributed by atoms with van der Waals surface area (Å²) >= 11 is 3.23. The van der Waals surface area contributed by atoms with Crippen LogP contribution in [0.5, 0.6) is 0 Å². The van der Waals surface area contributed by atoms with E-state index in [1.165, 1.54) is 0 Å². The van der Waals surface area contributed by atoms with Crippen molar-refractivity contribution in [3.05, 3.63) is 10.3 Å². The summed E-state index contributed by atoms with van der Waals surface area (Å²) in [5.74, 6) is 5.70. The van der Waals surface area contributed by atoms with Crippen LogP contribution < -0.4 is 5.73 Å². The summed E-state index contributed by atoms with van der Waals surface area (Å²) in [5, 5.41) is 7.55. The summed E-state index contributed by atoms with van der Waals surface area (Å²) in [4.78, 5) is 0. The third-order valence-corrected chi connectivity index (χ3v) is 1.74. The number of hydrogen-bond acceptors (Lipinski definition) is 3. The van der Waals surface area contributed by atoms with Crippen LogP contribution in [0.15, 0.2) is 4.60 Å². The fraction of sp³-hybridized carbons (Fsp3) is 0.429. The SMILES string of the molecule is CC(N)C#Cc1c(Br)nnn1C. The summed E-state index contributed by atoms with van der Waals surface area (Å²) in [5.41, 5.74) is 6.21. The number of rotatable bonds is 0. The molecule has 1 unspecified atom stereocenters. The van der Waals surface area contributed by atoms with Crippen LogP contribution in [-0.2, 0) is 7.05 Å². The first-order valence-electron chi connectivity index (χ1n) is 3.43. The van der Waals surface area contributed by atoms with Crippen molar-refractivity contribution < 1.29 is 0 Å². The highest BCUT2D eigenvalue weighted by Crippen LogP contribution is 2.09. The molecule has 0 fully saturated rings. The van der Waals surface area contributed by atoms with Gasteiger partial charge in [0.1, 0.15) is 5.69 Å². The first-order chi connectivity index (χ1) is 5.61. The zero-order valence-electron chi connectivity index (χ0n) is 6.87. The first kappa shape index (κ1) is 9.23. The molecule has 5 heteroatoms. The maximum Gasteiger partial charge on any atom is 0.164 e. The van der Waals surface area contributed by atoms with Crippen LogP contribution in [0.4, 0.5) is 0 Å². The van der Waals surface area contributed by atoms with Gasteiger partial charge in [0, 0.05) is 7.05 Å². The fourth-order valence-electron chi connectivity index (χ4n) is 0.647. The van der Waals surface area contributed by atoms with Crippen LogP contribution >= 0.6 is 15.9 Å². The van der Waals surface area contributed by atoms with Crippen molar-refractivity contribution in [2.45, 2.75) is 13.0 Å². The molecule has 0 amide bonds. The predicted octanol–water partition coefficient (Wildman–Crippen LogP) is 0.276. The van der Waals surface area contributed by atoms with Crippen molar-refractivity contribution in [2.24, 2.45) is 12.8 Å². The number of halogens is 1. The van der Waals surface area contributed by atoms with Crippen LogP contribution in [0.25, 0.3) is 0 Å². The van der Waals surface area contributed by atoms with E-state index >= 15 is 0 Å². The van der Waals surface area contributed by atoms with Gasteiger partial charge in [0.15, 0.2) is 4.60 Å². The second kappa shape index (κ2) is 3.70. The highest BCUT2D eigenvalue weighted by atomic mass is 79.9. The molecule has 0 aliphatic heterocycles. The summed E-state index contributed by atoms with van der Waals surface area (Å²) in [6.45, 7) is 1.82. The summed E-state index contributed by atoms with van der Waals surface area (Å²) in [6, 6.07) is -0.133. The maximum atomic E-state index is 5.47. The molecule has 0 aliphatic carbocycles. The van der Waals surface area contributed by atoms with Gasteiger partial charge in [0.05, 0.1) is 6.04 Å². The molecular weight excluding hydrogens is 220 g/mol. The second-order valence-corrected chi connectivity index (χ2v) is 3.16. The van der Waals surface area contributed by atoms with Gasteiger partial charge in [-0.25, -0.2) is 4.68 Å². The molecule has 0 saturated carbocycles. The topological polar surface area (TPSA) is 56.7 Å². The first-order valence-corrected chi connectivity index (χ1v) is 4.23. The van der Waals surface area contributed by atoms with E-state index in [0.29, 0.717) is 4.60 Å². The van der Waals surface area contributed by atoms with Gasteiger partial charge in [0.25, 0.3) is 0 Å². The smallest absolute Gasteiger partial charge is 0.164 e. The second-order valence-electron chi connectivity index (χ2n) is 2.41. The number of hydrogen-bond donors (Lipinski definition) is 1. The van der Waals surface area contributed by atoms with Crippen LogP contribution in [-0.4, -0.2) is 21.0 Å². The molecule has 4 nitrogen and oxygen atoms in total. The normalized spacial score (nSPS) is 12.0. The minimum Gasteiger partial charge on any atom is -0.318 e. The minimum absolute atomic E-state index is 0.133. The quantitative estimate of drug-likeness (QED) is 0.650. The lowest BCUT2D eigenvalue weighted by molar-refractivity contribution is 0.707. The van der Waals surface area contributed by atoms with E-state index in [1.807, 2.05) is 6.92 Å². The van der Waals surface area contributed by atoms with Crippen LogP contribution in [0, 0.1) is 11.8 Å². The van der Waals surface area contributed by atoms with Gasteiger partial charge in [-0.2, -0.15) is 0 Å². The molecule has 0 spiro atoms. The van der Waals surface area contributed by atoms with Crippen LogP contribution in [0.2, 0.25) is 0 Å². The molecule has 1 rings (SSSR count). The predicted molar refractivity (Wildman–Crippen MR) is 49.2 cm³/mol. The van der Waals surface area contributed by atoms with Gasteiger partial charge in [-0.05, 0) is 28.8 Å². The van der Waals surface area contributed by atoms with Crippen LogP contribution in [0.1, 0.15) is 12.6 Å². The summed E-state index contributed by atoms with van der Waals surface area (Å²) in [6.07, 6.45) is 0. The number of nitrogens with two attached hydrogens (primary N) is 1. The molecule has 1 aromatic rings. The average molecular weight is 229 g/mol. The summed E-state index contributed by atoms with van der Waals surface area (Å²) < 4.78 is 2.25. The fourth-order valence-corrected chi connectivity index (χ4v) is 1.07. The standard InChI is InChI=1S/C7H9BrN4/c1-5(9)3-4-6-7(8)10-11-12(6)2/h5H,9H2,1-2H3. The molecule has 1 heterocycles. The average Bonchev–Trinajstić information content (AvgIpc) is 2.28. The molecule has 1 atom stereocenters. The Hall–Kier alpha value is -0.860. The van der Waals surface area contributed by atoms with E-state index < -0.39 is 0 Å². The van der Waals surface area contributed by atoms with E-state index in [4.69, 9.17) is 5.73 Å². The Morgan fingerprint density at radius 1 is 1.67 bits per heavy atom. The van der Waals surface area contributed by atoms with E-state index in [1.54, 1.807) is 11.7 Å². The molecule has 12 heavy (non-hydrogen) atoms. The minimum atomic E-state index is -0.133.